The topological polar surface area (TPSA) is 30.5 Å². The van der Waals surface area contributed by atoms with Crippen molar-refractivity contribution in [2.24, 2.45) is 0 Å². The molecule has 1 fully saturated rings. The third kappa shape index (κ3) is 2.65. The van der Waals surface area contributed by atoms with E-state index in [0.29, 0.717) is 12.3 Å². The van der Waals surface area contributed by atoms with E-state index in [9.17, 15) is 4.39 Å². The molecule has 0 aromatic heterocycles. The number of anilines is 1. The van der Waals surface area contributed by atoms with Crippen molar-refractivity contribution < 1.29 is 13.9 Å². The number of nitrogens with one attached hydrogen (secondary N) is 1. The van der Waals surface area contributed by atoms with E-state index in [1.54, 1.807) is 13.2 Å². The van der Waals surface area contributed by atoms with E-state index in [4.69, 9.17) is 9.47 Å². The molecule has 1 aromatic rings. The van der Waals surface area contributed by atoms with Gasteiger partial charge < -0.3 is 14.8 Å². The fourth-order valence-electron chi connectivity index (χ4n) is 2.37. The van der Waals surface area contributed by atoms with E-state index >= 15 is 0 Å². The molecule has 100 valence electrons. The summed E-state index contributed by atoms with van der Waals surface area (Å²) >= 11 is 0. The Balaban J connectivity index is 2.00. The fourth-order valence-corrected chi connectivity index (χ4v) is 2.37. The monoisotopic (exact) mass is 253 g/mol. The maximum absolute atomic E-state index is 13.6. The molecule has 1 aliphatic carbocycles. The van der Waals surface area contributed by atoms with Crippen LogP contribution in [0.4, 0.5) is 10.1 Å². The van der Waals surface area contributed by atoms with E-state index in [2.05, 4.69) is 5.32 Å². The molecule has 3 unspecified atom stereocenters. The average molecular weight is 253 g/mol. The van der Waals surface area contributed by atoms with Gasteiger partial charge in [-0.25, -0.2) is 4.39 Å². The van der Waals surface area contributed by atoms with Crippen molar-refractivity contribution in [2.45, 2.75) is 38.5 Å². The lowest BCUT2D eigenvalue weighted by atomic mass is 9.85. The summed E-state index contributed by atoms with van der Waals surface area (Å²) < 4.78 is 24.6. The number of aryl methyl sites for hydroxylation is 1. The predicted octanol–water partition coefficient (Wildman–Crippen LogP) is 2.74. The fraction of sp³-hybridized carbons (Fsp3) is 0.571. The lowest BCUT2D eigenvalue weighted by molar-refractivity contribution is -0.118. The standard InChI is InChI=1S/C14H20FNO2/c1-4-18-13-8-12(14(13)17-3)16-11-7-9(2)5-6-10(11)15/h5-7,12-14,16H,4,8H2,1-3H3. The van der Waals surface area contributed by atoms with Gasteiger partial charge >= 0.3 is 0 Å². The van der Waals surface area contributed by atoms with E-state index in [1.807, 2.05) is 19.9 Å². The Hall–Kier alpha value is -1.13. The molecule has 3 atom stereocenters. The van der Waals surface area contributed by atoms with Gasteiger partial charge in [-0.05, 0) is 38.0 Å². The summed E-state index contributed by atoms with van der Waals surface area (Å²) in [5.41, 5.74) is 1.57. The van der Waals surface area contributed by atoms with Gasteiger partial charge in [-0.3, -0.25) is 0 Å². The van der Waals surface area contributed by atoms with Crippen LogP contribution in [0, 0.1) is 12.7 Å². The van der Waals surface area contributed by atoms with Crippen molar-refractivity contribution in [3.8, 4) is 0 Å². The van der Waals surface area contributed by atoms with Gasteiger partial charge in [0.25, 0.3) is 0 Å². The number of rotatable bonds is 5. The van der Waals surface area contributed by atoms with E-state index in [-0.39, 0.29) is 24.1 Å². The van der Waals surface area contributed by atoms with Gasteiger partial charge in [0.2, 0.25) is 0 Å². The molecule has 0 spiro atoms. The molecule has 0 saturated heterocycles. The molecule has 18 heavy (non-hydrogen) atoms. The first-order chi connectivity index (χ1) is 8.65. The summed E-state index contributed by atoms with van der Waals surface area (Å²) in [5, 5.41) is 3.20. The zero-order valence-corrected chi connectivity index (χ0v) is 11.1. The highest BCUT2D eigenvalue weighted by atomic mass is 19.1. The molecule has 0 aliphatic heterocycles. The third-order valence-corrected chi connectivity index (χ3v) is 3.36. The van der Waals surface area contributed by atoms with Crippen molar-refractivity contribution >= 4 is 5.69 Å². The average Bonchev–Trinajstić information content (AvgIpc) is 2.32. The summed E-state index contributed by atoms with van der Waals surface area (Å²) in [6.07, 6.45) is 0.954. The van der Waals surface area contributed by atoms with E-state index in [1.165, 1.54) is 6.07 Å². The van der Waals surface area contributed by atoms with Crippen LogP contribution in [-0.2, 0) is 9.47 Å². The van der Waals surface area contributed by atoms with E-state index in [0.717, 1.165) is 12.0 Å². The molecule has 1 aromatic carbocycles. The molecule has 1 saturated carbocycles. The summed E-state index contributed by atoms with van der Waals surface area (Å²) in [4.78, 5) is 0. The van der Waals surface area contributed by atoms with Crippen molar-refractivity contribution in [2.75, 3.05) is 19.0 Å². The van der Waals surface area contributed by atoms with Crippen LogP contribution in [0.5, 0.6) is 0 Å². The zero-order valence-electron chi connectivity index (χ0n) is 11.1. The Morgan fingerprint density at radius 1 is 1.44 bits per heavy atom. The van der Waals surface area contributed by atoms with Crippen LogP contribution in [-0.4, -0.2) is 32.0 Å². The van der Waals surface area contributed by atoms with Gasteiger partial charge in [0, 0.05) is 13.7 Å². The zero-order chi connectivity index (χ0) is 13.1. The minimum absolute atomic E-state index is 0.00939. The molecule has 0 radical (unpaired) electrons. The molecule has 3 nitrogen and oxygen atoms in total. The van der Waals surface area contributed by atoms with Crippen LogP contribution >= 0.6 is 0 Å². The molecule has 1 aliphatic rings. The number of benzene rings is 1. The minimum atomic E-state index is -0.227. The second kappa shape index (κ2) is 5.67. The molecular formula is C14H20FNO2. The third-order valence-electron chi connectivity index (χ3n) is 3.36. The largest absolute Gasteiger partial charge is 0.377 e. The van der Waals surface area contributed by atoms with E-state index < -0.39 is 0 Å². The molecule has 2 rings (SSSR count). The smallest absolute Gasteiger partial charge is 0.146 e. The Labute approximate surface area is 107 Å². The van der Waals surface area contributed by atoms with Gasteiger partial charge in [0.05, 0.1) is 17.8 Å². The van der Waals surface area contributed by atoms with Crippen molar-refractivity contribution in [3.05, 3.63) is 29.6 Å². The second-order valence-electron chi connectivity index (χ2n) is 4.66. The number of hydrogen-bond acceptors (Lipinski definition) is 3. The number of hydrogen-bond donors (Lipinski definition) is 1. The second-order valence-corrected chi connectivity index (χ2v) is 4.66. The van der Waals surface area contributed by atoms with Crippen molar-refractivity contribution in [3.63, 3.8) is 0 Å². The summed E-state index contributed by atoms with van der Waals surface area (Å²) in [6, 6.07) is 5.18. The summed E-state index contributed by atoms with van der Waals surface area (Å²) in [7, 11) is 1.66. The van der Waals surface area contributed by atoms with Crippen LogP contribution in [0.25, 0.3) is 0 Å². The molecule has 1 N–H and O–H groups in total. The molecule has 0 heterocycles. The first-order valence-electron chi connectivity index (χ1n) is 6.32. The van der Waals surface area contributed by atoms with Crippen LogP contribution in [0.1, 0.15) is 18.9 Å². The summed E-state index contributed by atoms with van der Waals surface area (Å²) in [5.74, 6) is -0.227. The minimum Gasteiger partial charge on any atom is -0.377 e. The van der Waals surface area contributed by atoms with Gasteiger partial charge in [-0.2, -0.15) is 0 Å². The Morgan fingerprint density at radius 2 is 2.22 bits per heavy atom. The number of ether oxygens (including phenoxy) is 2. The highest BCUT2D eigenvalue weighted by molar-refractivity contribution is 5.48. The van der Waals surface area contributed by atoms with Crippen LogP contribution in [0.15, 0.2) is 18.2 Å². The lowest BCUT2D eigenvalue weighted by Gasteiger charge is -2.43. The normalized spacial score (nSPS) is 26.8. The van der Waals surface area contributed by atoms with Crippen molar-refractivity contribution in [1.82, 2.24) is 0 Å². The lowest BCUT2D eigenvalue weighted by Crippen LogP contribution is -2.56. The van der Waals surface area contributed by atoms with Crippen molar-refractivity contribution in [1.29, 1.82) is 0 Å². The first kappa shape index (κ1) is 13.3. The maximum atomic E-state index is 13.6. The summed E-state index contributed by atoms with van der Waals surface area (Å²) in [6.45, 7) is 4.59. The maximum Gasteiger partial charge on any atom is 0.146 e. The highest BCUT2D eigenvalue weighted by Gasteiger charge is 2.42. The van der Waals surface area contributed by atoms with Gasteiger partial charge in [-0.15, -0.1) is 0 Å². The number of methoxy groups -OCH3 is 1. The van der Waals surface area contributed by atoms with Crippen LogP contribution in [0.2, 0.25) is 0 Å². The Morgan fingerprint density at radius 3 is 2.89 bits per heavy atom. The number of halogens is 1. The Bertz CT molecular complexity index is 411. The SMILES string of the molecule is CCOC1CC(Nc2cc(C)ccc2F)C1OC. The first-order valence-corrected chi connectivity index (χ1v) is 6.32. The predicted molar refractivity (Wildman–Crippen MR) is 69.4 cm³/mol. The molecular weight excluding hydrogens is 233 g/mol. The molecule has 0 bridgehead atoms. The Kier molecular flexibility index (Phi) is 4.19. The van der Waals surface area contributed by atoms with Gasteiger partial charge in [0.15, 0.2) is 0 Å². The molecule has 0 amide bonds. The van der Waals surface area contributed by atoms with Crippen LogP contribution < -0.4 is 5.32 Å². The van der Waals surface area contributed by atoms with Crippen LogP contribution in [0.3, 0.4) is 0 Å². The quantitative estimate of drug-likeness (QED) is 0.875. The molecule has 4 heteroatoms. The van der Waals surface area contributed by atoms with Gasteiger partial charge in [-0.1, -0.05) is 6.07 Å². The van der Waals surface area contributed by atoms with Gasteiger partial charge in [0.1, 0.15) is 11.9 Å². The highest BCUT2D eigenvalue weighted by Crippen LogP contribution is 2.30.